The van der Waals surface area contributed by atoms with E-state index in [2.05, 4.69) is 22.3 Å². The molecule has 0 spiro atoms. The molecule has 6 nitrogen and oxygen atoms in total. The van der Waals surface area contributed by atoms with Crippen molar-refractivity contribution in [2.45, 2.75) is 6.42 Å². The largest absolute Gasteiger partial charge is 0.382 e. The number of anilines is 2. The van der Waals surface area contributed by atoms with Gasteiger partial charge in [-0.2, -0.15) is 5.10 Å². The molecule has 0 saturated carbocycles. The van der Waals surface area contributed by atoms with Crippen LogP contribution in [0.15, 0.2) is 67.1 Å². The van der Waals surface area contributed by atoms with Crippen LogP contribution in [-0.4, -0.2) is 20.5 Å². The summed E-state index contributed by atoms with van der Waals surface area (Å²) < 4.78 is 1.72. The van der Waals surface area contributed by atoms with Crippen LogP contribution in [0.3, 0.4) is 0 Å². The SMILES string of the molecule is [CH2]Cc1cn2ncnc(N)c2c1-c1ccc(C(=O)Nc2ccccc2)cc1. The maximum Gasteiger partial charge on any atom is 0.255 e. The topological polar surface area (TPSA) is 85.3 Å². The highest BCUT2D eigenvalue weighted by atomic mass is 16.1. The number of benzene rings is 2. The van der Waals surface area contributed by atoms with Gasteiger partial charge in [-0.15, -0.1) is 0 Å². The third-order valence-corrected chi connectivity index (χ3v) is 4.42. The Morgan fingerprint density at radius 1 is 1.11 bits per heavy atom. The fourth-order valence-electron chi connectivity index (χ4n) is 3.11. The summed E-state index contributed by atoms with van der Waals surface area (Å²) in [6.07, 6.45) is 3.93. The highest BCUT2D eigenvalue weighted by molar-refractivity contribution is 6.04. The number of nitrogens with zero attached hydrogens (tertiary/aromatic N) is 3. The number of carbonyl (C=O) groups excluding carboxylic acids is 1. The average molecular weight is 356 g/mol. The first-order valence-corrected chi connectivity index (χ1v) is 8.54. The van der Waals surface area contributed by atoms with Crippen LogP contribution in [0.5, 0.6) is 0 Å². The zero-order valence-electron chi connectivity index (χ0n) is 14.6. The van der Waals surface area contributed by atoms with Crippen LogP contribution >= 0.6 is 0 Å². The zero-order chi connectivity index (χ0) is 18.8. The summed E-state index contributed by atoms with van der Waals surface area (Å²) in [6, 6.07) is 16.8. The van der Waals surface area contributed by atoms with Crippen LogP contribution in [0.25, 0.3) is 16.6 Å². The molecule has 2 heterocycles. The maximum absolute atomic E-state index is 12.4. The van der Waals surface area contributed by atoms with Crippen LogP contribution in [0.1, 0.15) is 15.9 Å². The van der Waals surface area contributed by atoms with Crippen molar-refractivity contribution in [1.29, 1.82) is 0 Å². The van der Waals surface area contributed by atoms with Crippen LogP contribution in [0.2, 0.25) is 0 Å². The van der Waals surface area contributed by atoms with E-state index in [0.717, 1.165) is 27.9 Å². The lowest BCUT2D eigenvalue weighted by atomic mass is 9.99. The average Bonchev–Trinajstić information content (AvgIpc) is 3.09. The quantitative estimate of drug-likeness (QED) is 0.585. The van der Waals surface area contributed by atoms with Crippen LogP contribution in [0.4, 0.5) is 11.5 Å². The van der Waals surface area contributed by atoms with E-state index in [1.54, 1.807) is 16.6 Å². The predicted octanol–water partition coefficient (Wildman–Crippen LogP) is 3.61. The second-order valence-electron chi connectivity index (χ2n) is 6.12. The predicted molar refractivity (Wildman–Crippen MR) is 106 cm³/mol. The second kappa shape index (κ2) is 6.92. The molecule has 3 N–H and O–H groups in total. The van der Waals surface area contributed by atoms with Gasteiger partial charge in [-0.25, -0.2) is 9.50 Å². The van der Waals surface area contributed by atoms with Crippen molar-refractivity contribution < 1.29 is 4.79 Å². The molecule has 133 valence electrons. The second-order valence-corrected chi connectivity index (χ2v) is 6.12. The van der Waals surface area contributed by atoms with Crippen LogP contribution < -0.4 is 11.1 Å². The highest BCUT2D eigenvalue weighted by Gasteiger charge is 2.16. The minimum atomic E-state index is -0.158. The molecule has 0 unspecified atom stereocenters. The first-order valence-electron chi connectivity index (χ1n) is 8.54. The first kappa shape index (κ1) is 16.8. The molecule has 2 aromatic carbocycles. The fourth-order valence-corrected chi connectivity index (χ4v) is 3.11. The lowest BCUT2D eigenvalue weighted by Gasteiger charge is -2.08. The molecule has 6 heteroatoms. The molecule has 0 aliphatic carbocycles. The summed E-state index contributed by atoms with van der Waals surface area (Å²) in [6.45, 7) is 3.99. The molecule has 2 aromatic heterocycles. The Morgan fingerprint density at radius 3 is 2.56 bits per heavy atom. The third kappa shape index (κ3) is 3.13. The van der Waals surface area contributed by atoms with Crippen molar-refractivity contribution >= 4 is 22.9 Å². The maximum atomic E-state index is 12.4. The van der Waals surface area contributed by atoms with E-state index < -0.39 is 0 Å². The Hall–Kier alpha value is -3.67. The van der Waals surface area contributed by atoms with Crippen molar-refractivity contribution in [2.24, 2.45) is 0 Å². The Morgan fingerprint density at radius 2 is 1.85 bits per heavy atom. The molecule has 0 saturated heterocycles. The van der Waals surface area contributed by atoms with Gasteiger partial charge in [0.2, 0.25) is 0 Å². The summed E-state index contributed by atoms with van der Waals surface area (Å²) in [7, 11) is 0. The highest BCUT2D eigenvalue weighted by Crippen LogP contribution is 2.32. The van der Waals surface area contributed by atoms with Crippen LogP contribution in [-0.2, 0) is 6.42 Å². The molecule has 0 aliphatic heterocycles. The number of amides is 1. The van der Waals surface area contributed by atoms with Gasteiger partial charge in [0.25, 0.3) is 5.91 Å². The summed E-state index contributed by atoms with van der Waals surface area (Å²) in [5.74, 6) is 0.250. The van der Waals surface area contributed by atoms with E-state index in [1.165, 1.54) is 6.33 Å². The van der Waals surface area contributed by atoms with Crippen molar-refractivity contribution in [3.8, 4) is 11.1 Å². The van der Waals surface area contributed by atoms with Gasteiger partial charge < -0.3 is 11.1 Å². The van der Waals surface area contributed by atoms with E-state index in [0.29, 0.717) is 17.8 Å². The molecule has 1 amide bonds. The summed E-state index contributed by atoms with van der Waals surface area (Å²) in [5.41, 5.74) is 11.1. The van der Waals surface area contributed by atoms with E-state index in [9.17, 15) is 4.79 Å². The Bertz CT molecular complexity index is 1100. The smallest absolute Gasteiger partial charge is 0.255 e. The van der Waals surface area contributed by atoms with Gasteiger partial charge in [0.15, 0.2) is 5.82 Å². The van der Waals surface area contributed by atoms with Gasteiger partial charge in [-0.1, -0.05) is 30.3 Å². The molecule has 4 aromatic rings. The molecular formula is C21H18N5O. The number of hydrogen-bond acceptors (Lipinski definition) is 4. The zero-order valence-corrected chi connectivity index (χ0v) is 14.6. The minimum Gasteiger partial charge on any atom is -0.382 e. The number of aromatic nitrogens is 3. The van der Waals surface area contributed by atoms with Gasteiger partial charge in [0, 0.05) is 23.0 Å². The van der Waals surface area contributed by atoms with Gasteiger partial charge >= 0.3 is 0 Å². The number of hydrogen-bond donors (Lipinski definition) is 2. The third-order valence-electron chi connectivity index (χ3n) is 4.42. The van der Waals surface area contributed by atoms with Gasteiger partial charge in [-0.05, 0) is 48.7 Å². The molecule has 0 bridgehead atoms. The van der Waals surface area contributed by atoms with E-state index in [1.807, 2.05) is 48.7 Å². The van der Waals surface area contributed by atoms with Crippen LogP contribution in [0, 0.1) is 6.92 Å². The Balaban J connectivity index is 1.69. The van der Waals surface area contributed by atoms with Crippen molar-refractivity contribution in [3.63, 3.8) is 0 Å². The van der Waals surface area contributed by atoms with E-state index >= 15 is 0 Å². The lowest BCUT2D eigenvalue weighted by molar-refractivity contribution is 0.102. The fraction of sp³-hybridized carbons (Fsp3) is 0.0476. The van der Waals surface area contributed by atoms with Gasteiger partial charge in [-0.3, -0.25) is 4.79 Å². The molecule has 0 fully saturated rings. The van der Waals surface area contributed by atoms with E-state index in [-0.39, 0.29) is 5.91 Å². The number of nitrogen functional groups attached to an aromatic ring is 1. The first-order chi connectivity index (χ1) is 13.2. The number of nitrogens with one attached hydrogen (secondary N) is 1. The molecule has 0 atom stereocenters. The number of fused-ring (bicyclic) bond motifs is 1. The summed E-state index contributed by atoms with van der Waals surface area (Å²) in [5, 5.41) is 7.10. The van der Waals surface area contributed by atoms with Crippen molar-refractivity contribution in [2.75, 3.05) is 11.1 Å². The summed E-state index contributed by atoms with van der Waals surface area (Å²) in [4.78, 5) is 16.5. The molecule has 0 aliphatic rings. The number of para-hydroxylation sites is 1. The molecule has 27 heavy (non-hydrogen) atoms. The molecule has 4 rings (SSSR count). The van der Waals surface area contributed by atoms with E-state index in [4.69, 9.17) is 5.73 Å². The number of rotatable bonds is 4. The van der Waals surface area contributed by atoms with Crippen molar-refractivity contribution in [1.82, 2.24) is 14.6 Å². The number of nitrogens with two attached hydrogens (primary N) is 1. The minimum absolute atomic E-state index is 0.158. The molecular weight excluding hydrogens is 338 g/mol. The van der Waals surface area contributed by atoms with Gasteiger partial charge in [0.05, 0.1) is 0 Å². The molecule has 1 radical (unpaired) electrons. The summed E-state index contributed by atoms with van der Waals surface area (Å²) >= 11 is 0. The standard InChI is InChI=1S/C21H18N5O/c1-2-14-12-26-19(20(22)23-13-24-26)18(14)15-8-10-16(11-9-15)21(27)25-17-6-4-3-5-7-17/h3-13H,1-2H2,(H,25,27)(H2,22,23,24). The van der Waals surface area contributed by atoms with Crippen molar-refractivity contribution in [3.05, 3.63) is 85.2 Å². The number of carbonyl (C=O) groups is 1. The lowest BCUT2D eigenvalue weighted by Crippen LogP contribution is -2.11. The Kier molecular flexibility index (Phi) is 4.30. The van der Waals surface area contributed by atoms with Gasteiger partial charge in [0.1, 0.15) is 11.8 Å². The Labute approximate surface area is 156 Å². The monoisotopic (exact) mass is 356 g/mol. The normalized spacial score (nSPS) is 10.9.